The molecule has 9 heteroatoms. The maximum Gasteiger partial charge on any atom is 0.275 e. The standard InChI is InChI=1S/C17H17N3O6/c1-3-26-16-8-11(4-6-14(16)21)10-18-19-17(22)13-9-12(20(23)24)5-7-15(13)25-2/h4-10,21H,3H2,1-2H3,(H,19,22)/b18-10-. The van der Waals surface area contributed by atoms with Gasteiger partial charge in [0.25, 0.3) is 11.6 Å². The lowest BCUT2D eigenvalue weighted by Crippen LogP contribution is -2.18. The number of amides is 1. The normalized spacial score (nSPS) is 10.5. The number of nitrogens with zero attached hydrogens (tertiary/aromatic N) is 2. The topological polar surface area (TPSA) is 123 Å². The smallest absolute Gasteiger partial charge is 0.275 e. The van der Waals surface area contributed by atoms with Crippen molar-refractivity contribution in [3.8, 4) is 17.2 Å². The van der Waals surface area contributed by atoms with Gasteiger partial charge in [-0.3, -0.25) is 14.9 Å². The summed E-state index contributed by atoms with van der Waals surface area (Å²) in [5.74, 6) is -0.185. The number of hydrogen-bond donors (Lipinski definition) is 2. The monoisotopic (exact) mass is 359 g/mol. The number of benzene rings is 2. The molecule has 1 amide bonds. The highest BCUT2D eigenvalue weighted by Gasteiger charge is 2.17. The summed E-state index contributed by atoms with van der Waals surface area (Å²) in [6.07, 6.45) is 1.35. The molecule has 2 aromatic rings. The van der Waals surface area contributed by atoms with Crippen LogP contribution in [-0.2, 0) is 0 Å². The van der Waals surface area contributed by atoms with Crippen molar-refractivity contribution < 1.29 is 24.3 Å². The maximum absolute atomic E-state index is 12.2. The molecule has 2 aromatic carbocycles. The van der Waals surface area contributed by atoms with E-state index in [-0.39, 0.29) is 22.7 Å². The van der Waals surface area contributed by atoms with E-state index in [0.717, 1.165) is 6.07 Å². The van der Waals surface area contributed by atoms with E-state index >= 15 is 0 Å². The molecular formula is C17H17N3O6. The Hall–Kier alpha value is -3.62. The van der Waals surface area contributed by atoms with Gasteiger partial charge in [0.15, 0.2) is 11.5 Å². The average Bonchev–Trinajstić information content (AvgIpc) is 2.63. The van der Waals surface area contributed by atoms with Gasteiger partial charge in [0, 0.05) is 12.1 Å². The second-order valence-electron chi connectivity index (χ2n) is 5.00. The third-order valence-corrected chi connectivity index (χ3v) is 3.30. The fraction of sp³-hybridized carbons (Fsp3) is 0.176. The summed E-state index contributed by atoms with van der Waals surface area (Å²) in [4.78, 5) is 22.5. The van der Waals surface area contributed by atoms with Crippen LogP contribution in [0.25, 0.3) is 0 Å². The molecule has 2 N–H and O–H groups in total. The number of nitro benzene ring substituents is 1. The van der Waals surface area contributed by atoms with Crippen LogP contribution in [0.15, 0.2) is 41.5 Å². The van der Waals surface area contributed by atoms with Crippen molar-refractivity contribution in [1.82, 2.24) is 5.43 Å². The van der Waals surface area contributed by atoms with Crippen molar-refractivity contribution >= 4 is 17.8 Å². The number of methoxy groups -OCH3 is 1. The van der Waals surface area contributed by atoms with Crippen molar-refractivity contribution in [2.24, 2.45) is 5.10 Å². The molecule has 0 bridgehead atoms. The largest absolute Gasteiger partial charge is 0.504 e. The Kier molecular flexibility index (Phi) is 6.10. The highest BCUT2D eigenvalue weighted by atomic mass is 16.6. The van der Waals surface area contributed by atoms with E-state index in [1.165, 1.54) is 31.5 Å². The minimum absolute atomic E-state index is 0.00522. The fourth-order valence-corrected chi connectivity index (χ4v) is 2.09. The molecule has 136 valence electrons. The molecule has 0 aliphatic heterocycles. The number of hydrazone groups is 1. The highest BCUT2D eigenvalue weighted by molar-refractivity contribution is 5.98. The van der Waals surface area contributed by atoms with Crippen molar-refractivity contribution in [3.63, 3.8) is 0 Å². The quantitative estimate of drug-likeness (QED) is 0.445. The molecule has 0 heterocycles. The maximum atomic E-state index is 12.2. The Morgan fingerprint density at radius 3 is 2.73 bits per heavy atom. The lowest BCUT2D eigenvalue weighted by atomic mass is 10.1. The number of nitro groups is 1. The van der Waals surface area contributed by atoms with E-state index in [9.17, 15) is 20.0 Å². The summed E-state index contributed by atoms with van der Waals surface area (Å²) in [6.45, 7) is 2.17. The highest BCUT2D eigenvalue weighted by Crippen LogP contribution is 2.26. The summed E-state index contributed by atoms with van der Waals surface area (Å²) in [7, 11) is 1.35. The summed E-state index contributed by atoms with van der Waals surface area (Å²) >= 11 is 0. The number of aromatic hydroxyl groups is 1. The number of nitrogens with one attached hydrogen (secondary N) is 1. The Labute approximate surface area is 149 Å². The van der Waals surface area contributed by atoms with Crippen molar-refractivity contribution in [2.45, 2.75) is 6.92 Å². The zero-order valence-electron chi connectivity index (χ0n) is 14.1. The Morgan fingerprint density at radius 2 is 2.08 bits per heavy atom. The van der Waals surface area contributed by atoms with Crippen LogP contribution in [0.1, 0.15) is 22.8 Å². The van der Waals surface area contributed by atoms with Gasteiger partial charge in [0.2, 0.25) is 0 Å². The summed E-state index contributed by atoms with van der Waals surface area (Å²) < 4.78 is 10.3. The number of carbonyl (C=O) groups excluding carboxylic acids is 1. The van der Waals surface area contributed by atoms with Crippen LogP contribution in [0.2, 0.25) is 0 Å². The van der Waals surface area contributed by atoms with Gasteiger partial charge in [0.1, 0.15) is 5.75 Å². The third kappa shape index (κ3) is 4.47. The Morgan fingerprint density at radius 1 is 1.31 bits per heavy atom. The summed E-state index contributed by atoms with van der Waals surface area (Å²) in [5.41, 5.74) is 2.61. The zero-order chi connectivity index (χ0) is 19.1. The molecule has 0 unspecified atom stereocenters. The lowest BCUT2D eigenvalue weighted by Gasteiger charge is -2.07. The van der Waals surface area contributed by atoms with E-state index in [1.807, 2.05) is 0 Å². The second-order valence-corrected chi connectivity index (χ2v) is 5.00. The van der Waals surface area contributed by atoms with Crippen LogP contribution >= 0.6 is 0 Å². The van der Waals surface area contributed by atoms with E-state index in [0.29, 0.717) is 17.9 Å². The number of non-ortho nitro benzene ring substituents is 1. The molecule has 0 spiro atoms. The molecule has 0 saturated heterocycles. The Balaban J connectivity index is 2.15. The first-order valence-electron chi connectivity index (χ1n) is 7.58. The Bertz CT molecular complexity index is 850. The van der Waals surface area contributed by atoms with Crippen LogP contribution in [-0.4, -0.2) is 35.9 Å². The average molecular weight is 359 g/mol. The third-order valence-electron chi connectivity index (χ3n) is 3.30. The van der Waals surface area contributed by atoms with Gasteiger partial charge < -0.3 is 14.6 Å². The molecule has 0 aromatic heterocycles. The zero-order valence-corrected chi connectivity index (χ0v) is 14.1. The van der Waals surface area contributed by atoms with Gasteiger partial charge in [-0.25, -0.2) is 5.43 Å². The van der Waals surface area contributed by atoms with Gasteiger partial charge in [-0.05, 0) is 36.8 Å². The van der Waals surface area contributed by atoms with Gasteiger partial charge in [-0.1, -0.05) is 0 Å². The molecule has 0 atom stereocenters. The number of ether oxygens (including phenoxy) is 2. The van der Waals surface area contributed by atoms with Crippen LogP contribution in [0, 0.1) is 10.1 Å². The first kappa shape index (κ1) is 18.7. The summed E-state index contributed by atoms with van der Waals surface area (Å²) in [5, 5.41) is 24.3. The number of hydrogen-bond acceptors (Lipinski definition) is 7. The molecule has 26 heavy (non-hydrogen) atoms. The number of phenolic OH excluding ortho intramolecular Hbond substituents is 1. The molecule has 0 aliphatic carbocycles. The molecule has 0 aliphatic rings. The molecule has 0 saturated carbocycles. The van der Waals surface area contributed by atoms with Gasteiger partial charge in [0.05, 0.1) is 30.4 Å². The van der Waals surface area contributed by atoms with Crippen LogP contribution in [0.4, 0.5) is 5.69 Å². The molecule has 0 radical (unpaired) electrons. The van der Waals surface area contributed by atoms with E-state index in [4.69, 9.17) is 9.47 Å². The number of carbonyl (C=O) groups is 1. The molecule has 2 rings (SSSR count). The summed E-state index contributed by atoms with van der Waals surface area (Å²) in [6, 6.07) is 8.27. The van der Waals surface area contributed by atoms with E-state index in [2.05, 4.69) is 10.5 Å². The first-order chi connectivity index (χ1) is 12.5. The SMILES string of the molecule is CCOc1cc(/C=N\NC(=O)c2cc([N+](=O)[O-])ccc2OC)ccc1O. The fourth-order valence-electron chi connectivity index (χ4n) is 2.09. The van der Waals surface area contributed by atoms with Crippen molar-refractivity contribution in [3.05, 3.63) is 57.6 Å². The van der Waals surface area contributed by atoms with Gasteiger partial charge in [-0.2, -0.15) is 5.10 Å². The van der Waals surface area contributed by atoms with Crippen LogP contribution in [0.5, 0.6) is 17.2 Å². The molecular weight excluding hydrogens is 342 g/mol. The van der Waals surface area contributed by atoms with E-state index in [1.54, 1.807) is 19.1 Å². The predicted octanol–water partition coefficient (Wildman–Crippen LogP) is 2.47. The van der Waals surface area contributed by atoms with Gasteiger partial charge >= 0.3 is 0 Å². The van der Waals surface area contributed by atoms with E-state index < -0.39 is 10.8 Å². The van der Waals surface area contributed by atoms with Gasteiger partial charge in [-0.15, -0.1) is 0 Å². The minimum Gasteiger partial charge on any atom is -0.504 e. The first-order valence-corrected chi connectivity index (χ1v) is 7.58. The predicted molar refractivity (Wildman–Crippen MR) is 94.0 cm³/mol. The molecule has 9 nitrogen and oxygen atoms in total. The minimum atomic E-state index is -0.661. The molecule has 0 fully saturated rings. The number of phenols is 1. The van der Waals surface area contributed by atoms with Crippen molar-refractivity contribution in [1.29, 1.82) is 0 Å². The van der Waals surface area contributed by atoms with Crippen molar-refractivity contribution in [2.75, 3.05) is 13.7 Å². The van der Waals surface area contributed by atoms with Crippen LogP contribution in [0.3, 0.4) is 0 Å². The van der Waals surface area contributed by atoms with Crippen LogP contribution < -0.4 is 14.9 Å². The second kappa shape index (κ2) is 8.47. The number of rotatable bonds is 7. The lowest BCUT2D eigenvalue weighted by molar-refractivity contribution is -0.384.